The van der Waals surface area contributed by atoms with Crippen LogP contribution in [-0.2, 0) is 7.05 Å². The second kappa shape index (κ2) is 3.94. The van der Waals surface area contributed by atoms with Crippen molar-refractivity contribution in [1.82, 2.24) is 9.78 Å². The van der Waals surface area contributed by atoms with E-state index in [2.05, 4.69) is 5.10 Å². The summed E-state index contributed by atoms with van der Waals surface area (Å²) >= 11 is 6.03. The van der Waals surface area contributed by atoms with Crippen LogP contribution in [0.3, 0.4) is 0 Å². The summed E-state index contributed by atoms with van der Waals surface area (Å²) in [6.07, 6.45) is 1.98. The number of aromatic nitrogens is 2. The van der Waals surface area contributed by atoms with Gasteiger partial charge < -0.3 is 5.73 Å². The molecular weight excluding hydrogens is 186 g/mol. The van der Waals surface area contributed by atoms with E-state index in [1.54, 1.807) is 4.68 Å². The molecule has 0 spiro atoms. The van der Waals surface area contributed by atoms with Crippen molar-refractivity contribution in [3.8, 4) is 0 Å². The average molecular weight is 200 g/mol. The van der Waals surface area contributed by atoms with Crippen LogP contribution in [0.15, 0.2) is 5.57 Å². The lowest BCUT2D eigenvalue weighted by atomic mass is 10.2. The zero-order chi connectivity index (χ0) is 10.0. The average Bonchev–Trinajstić information content (AvgIpc) is 2.32. The zero-order valence-corrected chi connectivity index (χ0v) is 8.89. The number of aryl methyl sites for hydroxylation is 2. The van der Waals surface area contributed by atoms with Crippen LogP contribution < -0.4 is 5.73 Å². The van der Waals surface area contributed by atoms with Gasteiger partial charge in [0.25, 0.3) is 0 Å². The summed E-state index contributed by atoms with van der Waals surface area (Å²) in [5.74, 6) is 0. The number of rotatable bonds is 2. The summed E-state index contributed by atoms with van der Waals surface area (Å²) in [6, 6.07) is 0. The topological polar surface area (TPSA) is 43.8 Å². The highest BCUT2D eigenvalue weighted by molar-refractivity contribution is 6.31. The van der Waals surface area contributed by atoms with Crippen LogP contribution in [-0.4, -0.2) is 16.3 Å². The Kier molecular flexibility index (Phi) is 3.12. The quantitative estimate of drug-likeness (QED) is 0.789. The molecule has 0 atom stereocenters. The van der Waals surface area contributed by atoms with E-state index in [4.69, 9.17) is 17.3 Å². The van der Waals surface area contributed by atoms with Crippen LogP contribution >= 0.6 is 11.6 Å². The SMILES string of the molecule is C/C(=C\c1c(C)nn(C)c1Cl)CN. The lowest BCUT2D eigenvalue weighted by Gasteiger charge is -1.96. The van der Waals surface area contributed by atoms with Crippen LogP contribution in [0.1, 0.15) is 18.2 Å². The van der Waals surface area contributed by atoms with Gasteiger partial charge in [-0.1, -0.05) is 17.2 Å². The molecular formula is C9H14ClN3. The molecule has 1 heterocycles. The van der Waals surface area contributed by atoms with Gasteiger partial charge in [0, 0.05) is 19.2 Å². The summed E-state index contributed by atoms with van der Waals surface area (Å²) in [7, 11) is 1.82. The molecule has 0 aliphatic heterocycles. The Bertz CT molecular complexity index is 339. The van der Waals surface area contributed by atoms with Gasteiger partial charge >= 0.3 is 0 Å². The minimum atomic E-state index is 0.546. The van der Waals surface area contributed by atoms with Crippen LogP contribution in [0.5, 0.6) is 0 Å². The highest BCUT2D eigenvalue weighted by Crippen LogP contribution is 2.21. The first-order valence-electron chi connectivity index (χ1n) is 4.12. The minimum absolute atomic E-state index is 0.546. The van der Waals surface area contributed by atoms with Crippen molar-refractivity contribution in [2.45, 2.75) is 13.8 Å². The normalized spacial score (nSPS) is 12.2. The molecule has 13 heavy (non-hydrogen) atoms. The van der Waals surface area contributed by atoms with E-state index in [-0.39, 0.29) is 0 Å². The van der Waals surface area contributed by atoms with Gasteiger partial charge in [-0.3, -0.25) is 4.68 Å². The molecule has 0 saturated carbocycles. The molecule has 2 N–H and O–H groups in total. The monoisotopic (exact) mass is 199 g/mol. The number of halogens is 1. The first kappa shape index (κ1) is 10.3. The molecule has 3 nitrogen and oxygen atoms in total. The smallest absolute Gasteiger partial charge is 0.134 e. The van der Waals surface area contributed by atoms with E-state index < -0.39 is 0 Å². The van der Waals surface area contributed by atoms with Crippen molar-refractivity contribution < 1.29 is 0 Å². The molecule has 0 fully saturated rings. The molecule has 0 bridgehead atoms. The first-order chi connectivity index (χ1) is 6.06. The third-order valence-electron chi connectivity index (χ3n) is 1.91. The fraction of sp³-hybridized carbons (Fsp3) is 0.444. The molecule has 0 aliphatic rings. The van der Waals surface area contributed by atoms with E-state index in [0.717, 1.165) is 16.8 Å². The lowest BCUT2D eigenvalue weighted by Crippen LogP contribution is -1.99. The van der Waals surface area contributed by atoms with Crippen molar-refractivity contribution in [2.24, 2.45) is 12.8 Å². The highest BCUT2D eigenvalue weighted by atomic mass is 35.5. The van der Waals surface area contributed by atoms with Gasteiger partial charge in [-0.05, 0) is 19.9 Å². The fourth-order valence-electron chi connectivity index (χ4n) is 1.12. The van der Waals surface area contributed by atoms with Gasteiger partial charge in [0.05, 0.1) is 5.69 Å². The second-order valence-corrected chi connectivity index (χ2v) is 3.47. The predicted molar refractivity (Wildman–Crippen MR) is 55.7 cm³/mol. The third-order valence-corrected chi connectivity index (χ3v) is 2.36. The molecule has 1 rings (SSSR count). The Morgan fingerprint density at radius 2 is 2.31 bits per heavy atom. The molecule has 0 radical (unpaired) electrons. The van der Waals surface area contributed by atoms with Crippen molar-refractivity contribution in [2.75, 3.05) is 6.54 Å². The summed E-state index contributed by atoms with van der Waals surface area (Å²) < 4.78 is 1.66. The van der Waals surface area contributed by atoms with Gasteiger partial charge in [0.2, 0.25) is 0 Å². The van der Waals surface area contributed by atoms with Crippen molar-refractivity contribution in [1.29, 1.82) is 0 Å². The van der Waals surface area contributed by atoms with Crippen LogP contribution in [0.25, 0.3) is 6.08 Å². The van der Waals surface area contributed by atoms with Crippen LogP contribution in [0.2, 0.25) is 5.15 Å². The minimum Gasteiger partial charge on any atom is -0.327 e. The molecule has 0 unspecified atom stereocenters. The zero-order valence-electron chi connectivity index (χ0n) is 8.13. The summed E-state index contributed by atoms with van der Waals surface area (Å²) in [4.78, 5) is 0. The second-order valence-electron chi connectivity index (χ2n) is 3.11. The Labute approximate surface area is 83.2 Å². The molecule has 0 saturated heterocycles. The third kappa shape index (κ3) is 2.11. The number of hydrogen-bond acceptors (Lipinski definition) is 2. The lowest BCUT2D eigenvalue weighted by molar-refractivity contribution is 0.757. The summed E-state index contributed by atoms with van der Waals surface area (Å²) in [6.45, 7) is 4.45. The maximum Gasteiger partial charge on any atom is 0.134 e. The highest BCUT2D eigenvalue weighted by Gasteiger charge is 2.07. The van der Waals surface area contributed by atoms with E-state index in [1.165, 1.54) is 0 Å². The Morgan fingerprint density at radius 3 is 2.69 bits per heavy atom. The molecule has 72 valence electrons. The van der Waals surface area contributed by atoms with Gasteiger partial charge in [0.1, 0.15) is 5.15 Å². The molecule has 0 aliphatic carbocycles. The number of nitrogens with two attached hydrogens (primary N) is 1. The Morgan fingerprint density at radius 1 is 1.69 bits per heavy atom. The maximum atomic E-state index is 6.03. The summed E-state index contributed by atoms with van der Waals surface area (Å²) in [5.41, 5.74) is 8.48. The molecule has 0 aromatic carbocycles. The first-order valence-corrected chi connectivity index (χ1v) is 4.50. The largest absolute Gasteiger partial charge is 0.327 e. The van der Waals surface area contributed by atoms with Gasteiger partial charge in [-0.25, -0.2) is 0 Å². The van der Waals surface area contributed by atoms with E-state index in [9.17, 15) is 0 Å². The number of hydrogen-bond donors (Lipinski definition) is 1. The number of nitrogens with zero attached hydrogens (tertiary/aromatic N) is 2. The molecule has 4 heteroatoms. The van der Waals surface area contributed by atoms with E-state index >= 15 is 0 Å². The summed E-state index contributed by atoms with van der Waals surface area (Å²) in [5, 5.41) is 4.85. The Hall–Kier alpha value is -0.800. The Balaban J connectivity index is 3.14. The maximum absolute atomic E-state index is 6.03. The van der Waals surface area contributed by atoms with Gasteiger partial charge in [0.15, 0.2) is 0 Å². The predicted octanol–water partition coefficient (Wildman–Crippen LogP) is 1.74. The van der Waals surface area contributed by atoms with Crippen molar-refractivity contribution in [3.63, 3.8) is 0 Å². The molecule has 1 aromatic rings. The fourth-order valence-corrected chi connectivity index (χ4v) is 1.34. The van der Waals surface area contributed by atoms with Crippen LogP contribution in [0, 0.1) is 6.92 Å². The van der Waals surface area contributed by atoms with Gasteiger partial charge in [-0.2, -0.15) is 5.10 Å². The molecule has 1 aromatic heterocycles. The molecule has 0 amide bonds. The standard InChI is InChI=1S/C9H14ClN3/c1-6(5-11)4-8-7(2)12-13(3)9(8)10/h4H,5,11H2,1-3H3/b6-4+. The van der Waals surface area contributed by atoms with Gasteiger partial charge in [-0.15, -0.1) is 0 Å². The van der Waals surface area contributed by atoms with E-state index in [0.29, 0.717) is 11.7 Å². The van der Waals surface area contributed by atoms with Crippen molar-refractivity contribution >= 4 is 17.7 Å². The van der Waals surface area contributed by atoms with Crippen molar-refractivity contribution in [3.05, 3.63) is 22.0 Å². The van der Waals surface area contributed by atoms with E-state index in [1.807, 2.05) is 27.0 Å². The van der Waals surface area contributed by atoms with Crippen LogP contribution in [0.4, 0.5) is 0 Å².